The van der Waals surface area contributed by atoms with Crippen molar-refractivity contribution in [1.29, 1.82) is 0 Å². The first-order valence-corrected chi connectivity index (χ1v) is 10.2. The van der Waals surface area contributed by atoms with E-state index in [4.69, 9.17) is 9.15 Å². The molecular formula is C25H23N2O3+. The molecule has 0 amide bonds. The van der Waals surface area contributed by atoms with Gasteiger partial charge in [-0.05, 0) is 18.2 Å². The van der Waals surface area contributed by atoms with Crippen molar-refractivity contribution < 1.29 is 13.7 Å². The van der Waals surface area contributed by atoms with Crippen molar-refractivity contribution in [1.82, 2.24) is 0 Å². The Morgan fingerprint density at radius 2 is 1.67 bits per heavy atom. The molecule has 0 spiro atoms. The molecule has 0 saturated carbocycles. The molecule has 1 aliphatic rings. The third-order valence-corrected chi connectivity index (χ3v) is 5.51. The van der Waals surface area contributed by atoms with Crippen molar-refractivity contribution in [2.75, 3.05) is 31.2 Å². The van der Waals surface area contributed by atoms with E-state index < -0.39 is 0 Å². The summed E-state index contributed by atoms with van der Waals surface area (Å²) in [4.78, 5) is 14.9. The van der Waals surface area contributed by atoms with Crippen LogP contribution in [-0.2, 0) is 11.3 Å². The number of rotatable bonds is 4. The standard InChI is InChI=1S/C25H23N2O3/c28-25-23(20-8-10-26(11-9-20)18-19-4-2-1-3-5-19)16-21-6-7-22(17-24(21)30-25)27-12-14-29-15-13-27/h1-11,16-17H,12-15,18H2/q+1. The minimum absolute atomic E-state index is 0.317. The molecule has 150 valence electrons. The van der Waals surface area contributed by atoms with Crippen LogP contribution in [0.3, 0.4) is 0 Å². The second-order valence-electron chi connectivity index (χ2n) is 7.51. The van der Waals surface area contributed by atoms with Gasteiger partial charge < -0.3 is 14.1 Å². The zero-order valence-electron chi connectivity index (χ0n) is 16.7. The number of hydrogen-bond acceptors (Lipinski definition) is 4. The molecule has 2 aromatic heterocycles. The largest absolute Gasteiger partial charge is 0.422 e. The molecule has 1 aliphatic heterocycles. The van der Waals surface area contributed by atoms with E-state index in [1.807, 2.05) is 60.9 Å². The van der Waals surface area contributed by atoms with Gasteiger partial charge in [0.2, 0.25) is 0 Å². The van der Waals surface area contributed by atoms with Crippen molar-refractivity contribution in [3.8, 4) is 11.1 Å². The molecule has 3 heterocycles. The van der Waals surface area contributed by atoms with Gasteiger partial charge in [-0.2, -0.15) is 0 Å². The van der Waals surface area contributed by atoms with Crippen LogP contribution in [0.5, 0.6) is 0 Å². The van der Waals surface area contributed by atoms with Crippen molar-refractivity contribution >= 4 is 16.7 Å². The molecule has 4 aromatic rings. The summed E-state index contributed by atoms with van der Waals surface area (Å²) in [7, 11) is 0. The third kappa shape index (κ3) is 3.84. The highest BCUT2D eigenvalue weighted by Gasteiger charge is 2.14. The minimum atomic E-state index is -0.317. The third-order valence-electron chi connectivity index (χ3n) is 5.51. The summed E-state index contributed by atoms with van der Waals surface area (Å²) < 4.78 is 13.2. The van der Waals surface area contributed by atoms with Crippen LogP contribution in [0.25, 0.3) is 22.1 Å². The van der Waals surface area contributed by atoms with Crippen molar-refractivity contribution in [2.24, 2.45) is 0 Å². The van der Waals surface area contributed by atoms with Gasteiger partial charge in [0, 0.05) is 53.5 Å². The van der Waals surface area contributed by atoms with Crippen molar-refractivity contribution in [3.05, 3.63) is 95.1 Å². The summed E-state index contributed by atoms with van der Waals surface area (Å²) in [5.41, 5.74) is 4.02. The summed E-state index contributed by atoms with van der Waals surface area (Å²) in [6.07, 6.45) is 3.99. The smallest absolute Gasteiger partial charge is 0.344 e. The number of pyridine rings is 1. The molecule has 5 heteroatoms. The van der Waals surface area contributed by atoms with Gasteiger partial charge in [-0.25, -0.2) is 9.36 Å². The number of ether oxygens (including phenoxy) is 1. The van der Waals surface area contributed by atoms with Gasteiger partial charge in [-0.15, -0.1) is 0 Å². The van der Waals surface area contributed by atoms with E-state index in [2.05, 4.69) is 27.7 Å². The first-order valence-electron chi connectivity index (χ1n) is 10.2. The summed E-state index contributed by atoms with van der Waals surface area (Å²) in [6.45, 7) is 3.93. The van der Waals surface area contributed by atoms with E-state index in [-0.39, 0.29) is 5.63 Å². The molecular weight excluding hydrogens is 376 g/mol. The first-order chi connectivity index (χ1) is 14.8. The fraction of sp³-hybridized carbons (Fsp3) is 0.200. The number of nitrogens with zero attached hydrogens (tertiary/aromatic N) is 2. The first kappa shape index (κ1) is 18.6. The van der Waals surface area contributed by atoms with Crippen molar-refractivity contribution in [3.63, 3.8) is 0 Å². The Labute approximate surface area is 174 Å². The Balaban J connectivity index is 1.42. The number of anilines is 1. The van der Waals surface area contributed by atoms with E-state index in [0.717, 1.165) is 49.5 Å². The Morgan fingerprint density at radius 3 is 2.43 bits per heavy atom. The molecule has 1 fully saturated rings. The number of hydrogen-bond donors (Lipinski definition) is 0. The maximum absolute atomic E-state index is 12.7. The number of morpholine rings is 1. The van der Waals surface area contributed by atoms with Gasteiger partial charge in [-0.3, -0.25) is 0 Å². The minimum Gasteiger partial charge on any atom is -0.422 e. The lowest BCUT2D eigenvalue weighted by Gasteiger charge is -2.28. The molecule has 2 aromatic carbocycles. The summed E-state index contributed by atoms with van der Waals surface area (Å²) in [6, 6.07) is 22.2. The normalized spacial score (nSPS) is 14.2. The van der Waals surface area contributed by atoms with Gasteiger partial charge in [-0.1, -0.05) is 30.3 Å². The molecule has 0 atom stereocenters. The predicted molar refractivity (Wildman–Crippen MR) is 117 cm³/mol. The summed E-state index contributed by atoms with van der Waals surface area (Å²) in [5, 5.41) is 0.919. The van der Waals surface area contributed by atoms with Crippen LogP contribution in [0.1, 0.15) is 5.56 Å². The van der Waals surface area contributed by atoms with Crippen LogP contribution < -0.4 is 15.1 Å². The Hall–Kier alpha value is -3.44. The fourth-order valence-corrected chi connectivity index (χ4v) is 3.86. The maximum atomic E-state index is 12.7. The van der Waals surface area contributed by atoms with Crippen LogP contribution >= 0.6 is 0 Å². The lowest BCUT2D eigenvalue weighted by atomic mass is 10.1. The summed E-state index contributed by atoms with van der Waals surface area (Å²) >= 11 is 0. The van der Waals surface area contributed by atoms with E-state index >= 15 is 0 Å². The highest BCUT2D eigenvalue weighted by atomic mass is 16.5. The second-order valence-corrected chi connectivity index (χ2v) is 7.51. The van der Waals surface area contributed by atoms with Gasteiger partial charge in [0.25, 0.3) is 0 Å². The number of aromatic nitrogens is 1. The zero-order valence-corrected chi connectivity index (χ0v) is 16.7. The zero-order chi connectivity index (χ0) is 20.3. The fourth-order valence-electron chi connectivity index (χ4n) is 3.86. The van der Waals surface area contributed by atoms with Gasteiger partial charge in [0.05, 0.1) is 18.8 Å². The molecule has 0 radical (unpaired) electrons. The number of fused-ring (bicyclic) bond motifs is 1. The van der Waals surface area contributed by atoms with E-state index in [0.29, 0.717) is 11.1 Å². The highest BCUT2D eigenvalue weighted by Crippen LogP contribution is 2.25. The van der Waals surface area contributed by atoms with E-state index in [1.54, 1.807) is 0 Å². The van der Waals surface area contributed by atoms with E-state index in [9.17, 15) is 4.79 Å². The number of benzene rings is 2. The van der Waals surface area contributed by atoms with Gasteiger partial charge in [0.1, 0.15) is 5.58 Å². The van der Waals surface area contributed by atoms with Crippen LogP contribution in [0, 0.1) is 0 Å². The lowest BCUT2D eigenvalue weighted by molar-refractivity contribution is -0.688. The highest BCUT2D eigenvalue weighted by molar-refractivity contribution is 5.84. The molecule has 5 nitrogen and oxygen atoms in total. The summed E-state index contributed by atoms with van der Waals surface area (Å²) in [5.74, 6) is 0. The molecule has 5 rings (SSSR count). The van der Waals surface area contributed by atoms with E-state index in [1.165, 1.54) is 5.56 Å². The molecule has 0 bridgehead atoms. The van der Waals surface area contributed by atoms with Gasteiger partial charge >= 0.3 is 5.63 Å². The average Bonchev–Trinajstić information content (AvgIpc) is 2.80. The lowest BCUT2D eigenvalue weighted by Crippen LogP contribution is -2.36. The topological polar surface area (TPSA) is 46.6 Å². The Morgan fingerprint density at radius 1 is 0.900 bits per heavy atom. The Kier molecular flexibility index (Phi) is 5.03. The quantitative estimate of drug-likeness (QED) is 0.388. The Bertz CT molecular complexity index is 1210. The van der Waals surface area contributed by atoms with Crippen LogP contribution in [0.2, 0.25) is 0 Å². The maximum Gasteiger partial charge on any atom is 0.344 e. The van der Waals surface area contributed by atoms with Gasteiger partial charge in [0.15, 0.2) is 18.9 Å². The second kappa shape index (κ2) is 8.13. The molecule has 0 N–H and O–H groups in total. The predicted octanol–water partition coefficient (Wildman–Crippen LogP) is 3.63. The molecule has 30 heavy (non-hydrogen) atoms. The molecule has 0 unspecified atom stereocenters. The molecule has 1 saturated heterocycles. The van der Waals surface area contributed by atoms with Crippen LogP contribution in [-0.4, -0.2) is 26.3 Å². The van der Waals surface area contributed by atoms with Crippen molar-refractivity contribution in [2.45, 2.75) is 6.54 Å². The average molecular weight is 399 g/mol. The monoisotopic (exact) mass is 399 g/mol. The van der Waals surface area contributed by atoms with Crippen LogP contribution in [0.15, 0.2) is 88.3 Å². The molecule has 0 aliphatic carbocycles. The SMILES string of the molecule is O=c1oc2cc(N3CCOCC3)ccc2cc1-c1cc[n+](Cc2ccccc2)cc1. The van der Waals surface area contributed by atoms with Crippen LogP contribution in [0.4, 0.5) is 5.69 Å².